The van der Waals surface area contributed by atoms with E-state index in [1.54, 1.807) is 18.2 Å². The van der Waals surface area contributed by atoms with E-state index < -0.39 is 24.1 Å². The van der Waals surface area contributed by atoms with Gasteiger partial charge in [-0.05, 0) is 58.2 Å². The van der Waals surface area contributed by atoms with Crippen molar-refractivity contribution < 1.29 is 23.5 Å². The van der Waals surface area contributed by atoms with Gasteiger partial charge in [0.15, 0.2) is 11.5 Å². The zero-order valence-corrected chi connectivity index (χ0v) is 20.0. The van der Waals surface area contributed by atoms with Gasteiger partial charge in [-0.25, -0.2) is 9.82 Å². The SMILES string of the molecule is CCOc1cc(C=NNC(=O)CC(=O)Nc2ccccc2F)cc(Br)c1OCc1ccccc1. The first-order chi connectivity index (χ1) is 16.5. The van der Waals surface area contributed by atoms with E-state index in [1.165, 1.54) is 24.4 Å². The number of nitrogens with one attached hydrogen (secondary N) is 2. The summed E-state index contributed by atoms with van der Waals surface area (Å²) in [6.45, 7) is 2.67. The van der Waals surface area contributed by atoms with Gasteiger partial charge in [0.1, 0.15) is 18.8 Å². The Morgan fingerprint density at radius 2 is 1.76 bits per heavy atom. The molecule has 0 unspecified atom stereocenters. The Hall–Kier alpha value is -3.72. The highest BCUT2D eigenvalue weighted by atomic mass is 79.9. The van der Waals surface area contributed by atoms with Gasteiger partial charge in [0.05, 0.1) is 23.0 Å². The van der Waals surface area contributed by atoms with E-state index in [1.807, 2.05) is 37.3 Å². The maximum atomic E-state index is 13.6. The lowest BCUT2D eigenvalue weighted by Gasteiger charge is -2.14. The number of hydrogen-bond donors (Lipinski definition) is 2. The molecule has 0 radical (unpaired) electrons. The number of carbonyl (C=O) groups is 2. The number of halogens is 2. The van der Waals surface area contributed by atoms with Gasteiger partial charge in [-0.2, -0.15) is 5.10 Å². The van der Waals surface area contributed by atoms with Gasteiger partial charge in [0.2, 0.25) is 11.8 Å². The molecular weight excluding hydrogens is 505 g/mol. The molecule has 7 nitrogen and oxygen atoms in total. The Bertz CT molecular complexity index is 1170. The minimum atomic E-state index is -0.654. The van der Waals surface area contributed by atoms with Crippen LogP contribution in [0.5, 0.6) is 11.5 Å². The molecule has 0 aliphatic heterocycles. The van der Waals surface area contributed by atoms with Gasteiger partial charge in [-0.15, -0.1) is 0 Å². The maximum absolute atomic E-state index is 13.6. The largest absolute Gasteiger partial charge is 0.490 e. The highest BCUT2D eigenvalue weighted by Gasteiger charge is 2.13. The number of carbonyl (C=O) groups excluding carboxylic acids is 2. The Morgan fingerprint density at radius 1 is 1.03 bits per heavy atom. The van der Waals surface area contributed by atoms with Crippen LogP contribution in [0.25, 0.3) is 0 Å². The van der Waals surface area contributed by atoms with Crippen LogP contribution >= 0.6 is 15.9 Å². The molecule has 3 aromatic rings. The third-order valence-electron chi connectivity index (χ3n) is 4.43. The lowest BCUT2D eigenvalue weighted by atomic mass is 10.2. The van der Waals surface area contributed by atoms with Crippen molar-refractivity contribution >= 4 is 39.6 Å². The molecule has 0 aliphatic carbocycles. The van der Waals surface area contributed by atoms with Gasteiger partial charge in [0, 0.05) is 0 Å². The molecule has 0 saturated heterocycles. The van der Waals surface area contributed by atoms with Gasteiger partial charge in [-0.1, -0.05) is 42.5 Å². The van der Waals surface area contributed by atoms with Gasteiger partial charge < -0.3 is 14.8 Å². The van der Waals surface area contributed by atoms with Crippen LogP contribution in [0.1, 0.15) is 24.5 Å². The molecule has 34 heavy (non-hydrogen) atoms. The van der Waals surface area contributed by atoms with Gasteiger partial charge in [0.25, 0.3) is 0 Å². The Morgan fingerprint density at radius 3 is 2.50 bits per heavy atom. The molecule has 0 saturated carbocycles. The fourth-order valence-corrected chi connectivity index (χ4v) is 3.49. The van der Waals surface area contributed by atoms with Crippen molar-refractivity contribution in [1.82, 2.24) is 5.43 Å². The minimum absolute atomic E-state index is 0.00618. The number of hydrogen-bond acceptors (Lipinski definition) is 5. The van der Waals surface area contributed by atoms with E-state index in [4.69, 9.17) is 9.47 Å². The molecule has 3 aromatic carbocycles. The standard InChI is InChI=1S/C25H23BrFN3O4/c1-2-33-22-13-18(12-19(26)25(22)34-16-17-8-4-3-5-9-17)15-28-30-24(32)14-23(31)29-21-11-7-6-10-20(21)27/h3-13,15H,2,14,16H2,1H3,(H,29,31)(H,30,32). The molecule has 2 amide bonds. The normalized spacial score (nSPS) is 10.7. The number of anilines is 1. The van der Waals surface area contributed by atoms with Crippen molar-refractivity contribution in [3.8, 4) is 11.5 Å². The summed E-state index contributed by atoms with van der Waals surface area (Å²) in [7, 11) is 0. The second kappa shape index (κ2) is 12.5. The molecule has 9 heteroatoms. The number of hydrazone groups is 1. The quantitative estimate of drug-likeness (QED) is 0.219. The van der Waals surface area contributed by atoms with E-state index >= 15 is 0 Å². The lowest BCUT2D eigenvalue weighted by molar-refractivity contribution is -0.126. The van der Waals surface area contributed by atoms with Gasteiger partial charge >= 0.3 is 0 Å². The van der Waals surface area contributed by atoms with Crippen LogP contribution in [0.15, 0.2) is 76.3 Å². The molecule has 0 atom stereocenters. The first kappa shape index (κ1) is 24.9. The highest BCUT2D eigenvalue weighted by molar-refractivity contribution is 9.10. The fraction of sp³-hybridized carbons (Fsp3) is 0.160. The molecular formula is C25H23BrFN3O4. The molecule has 0 bridgehead atoms. The molecule has 0 aromatic heterocycles. The number of nitrogens with zero attached hydrogens (tertiary/aromatic N) is 1. The number of benzene rings is 3. The Balaban J connectivity index is 1.59. The average Bonchev–Trinajstić information content (AvgIpc) is 2.81. The number of ether oxygens (including phenoxy) is 2. The van der Waals surface area contributed by atoms with E-state index in [-0.39, 0.29) is 5.69 Å². The van der Waals surface area contributed by atoms with Crippen LogP contribution in [0, 0.1) is 5.82 Å². The molecule has 0 fully saturated rings. The third-order valence-corrected chi connectivity index (χ3v) is 5.02. The van der Waals surface area contributed by atoms with Crippen LogP contribution in [0.3, 0.4) is 0 Å². The second-order valence-corrected chi connectivity index (χ2v) is 7.89. The summed E-state index contributed by atoms with van der Waals surface area (Å²) in [5.41, 5.74) is 3.94. The Labute approximate surface area is 205 Å². The topological polar surface area (TPSA) is 89.0 Å². The van der Waals surface area contributed by atoms with Crippen molar-refractivity contribution in [2.45, 2.75) is 20.0 Å². The summed E-state index contributed by atoms with van der Waals surface area (Å²) >= 11 is 3.49. The molecule has 2 N–H and O–H groups in total. The van der Waals surface area contributed by atoms with Crippen molar-refractivity contribution in [3.63, 3.8) is 0 Å². The predicted molar refractivity (Wildman–Crippen MR) is 131 cm³/mol. The van der Waals surface area contributed by atoms with Crippen molar-refractivity contribution in [2.24, 2.45) is 5.10 Å². The smallest absolute Gasteiger partial charge is 0.249 e. The summed E-state index contributed by atoms with van der Waals surface area (Å²) in [6, 6.07) is 19.0. The molecule has 0 heterocycles. The lowest BCUT2D eigenvalue weighted by Crippen LogP contribution is -2.24. The molecule has 176 valence electrons. The van der Waals surface area contributed by atoms with Crippen LogP contribution in [-0.4, -0.2) is 24.6 Å². The summed E-state index contributed by atoms with van der Waals surface area (Å²) in [5, 5.41) is 6.23. The highest BCUT2D eigenvalue weighted by Crippen LogP contribution is 2.37. The molecule has 0 aliphatic rings. The Kier molecular flexibility index (Phi) is 9.16. The van der Waals surface area contributed by atoms with Crippen molar-refractivity contribution in [3.05, 3.63) is 88.1 Å². The number of rotatable bonds is 10. The van der Waals surface area contributed by atoms with Crippen LogP contribution in [0.2, 0.25) is 0 Å². The summed E-state index contributed by atoms with van der Waals surface area (Å²) in [5.74, 6) is -0.807. The van der Waals surface area contributed by atoms with E-state index in [2.05, 4.69) is 31.8 Å². The van der Waals surface area contributed by atoms with Crippen LogP contribution < -0.4 is 20.2 Å². The molecule has 3 rings (SSSR count). The van der Waals surface area contributed by atoms with E-state index in [9.17, 15) is 14.0 Å². The second-order valence-electron chi connectivity index (χ2n) is 7.04. The first-order valence-electron chi connectivity index (χ1n) is 10.5. The predicted octanol–water partition coefficient (Wildman–Crippen LogP) is 5.04. The number of amides is 2. The summed E-state index contributed by atoms with van der Waals surface area (Å²) in [6.07, 6.45) is 0.909. The van der Waals surface area contributed by atoms with Crippen LogP contribution in [-0.2, 0) is 16.2 Å². The number of para-hydroxylation sites is 1. The summed E-state index contributed by atoms with van der Waals surface area (Å²) < 4.78 is 25.9. The first-order valence-corrected chi connectivity index (χ1v) is 11.2. The van der Waals surface area contributed by atoms with Gasteiger partial charge in [-0.3, -0.25) is 9.59 Å². The average molecular weight is 528 g/mol. The molecule has 0 spiro atoms. The van der Waals surface area contributed by atoms with Crippen molar-refractivity contribution in [1.29, 1.82) is 0 Å². The van der Waals surface area contributed by atoms with Crippen molar-refractivity contribution in [2.75, 3.05) is 11.9 Å². The zero-order valence-electron chi connectivity index (χ0n) is 18.4. The van der Waals surface area contributed by atoms with E-state index in [0.717, 1.165) is 5.56 Å². The minimum Gasteiger partial charge on any atom is -0.490 e. The van der Waals surface area contributed by atoms with E-state index in [0.29, 0.717) is 34.7 Å². The fourth-order valence-electron chi connectivity index (χ4n) is 2.92. The monoisotopic (exact) mass is 527 g/mol. The maximum Gasteiger partial charge on any atom is 0.249 e. The third kappa shape index (κ3) is 7.41. The van der Waals surface area contributed by atoms with Crippen LogP contribution in [0.4, 0.5) is 10.1 Å². The summed E-state index contributed by atoms with van der Waals surface area (Å²) in [4.78, 5) is 23.9. The zero-order chi connectivity index (χ0) is 24.3.